The molecule has 0 N–H and O–H groups in total. The Balaban J connectivity index is 2.05. The van der Waals surface area contributed by atoms with Gasteiger partial charge in [0, 0.05) is 4.47 Å². The molecule has 1 aromatic rings. The molecule has 0 aliphatic heterocycles. The molecule has 0 bridgehead atoms. The van der Waals surface area contributed by atoms with E-state index in [9.17, 15) is 5.26 Å². The Bertz CT molecular complexity index is 423. The Hall–Kier alpha value is -1.01. The van der Waals surface area contributed by atoms with Gasteiger partial charge in [-0.1, -0.05) is 29.3 Å². The first-order valence-electron chi connectivity index (χ1n) is 6.54. The molecule has 1 aliphatic rings. The number of hydrogen-bond donors (Lipinski definition) is 0. The fraction of sp³-hybridized carbons (Fsp3) is 0.533. The molecule has 1 fully saturated rings. The fourth-order valence-electron chi connectivity index (χ4n) is 2.55. The van der Waals surface area contributed by atoms with E-state index in [1.54, 1.807) is 0 Å². The van der Waals surface area contributed by atoms with Gasteiger partial charge in [0.1, 0.15) is 11.9 Å². The van der Waals surface area contributed by atoms with E-state index in [0.29, 0.717) is 5.92 Å². The van der Waals surface area contributed by atoms with Crippen LogP contribution in [-0.2, 0) is 0 Å². The molecular weight excluding hydrogens is 290 g/mol. The molecule has 0 aromatic heterocycles. The fourth-order valence-corrected chi connectivity index (χ4v) is 2.81. The van der Waals surface area contributed by atoms with E-state index in [1.807, 2.05) is 24.3 Å². The molecule has 3 atom stereocenters. The van der Waals surface area contributed by atoms with Crippen molar-refractivity contribution in [2.75, 3.05) is 0 Å². The molecule has 3 heteroatoms. The number of halogens is 1. The molecule has 0 heterocycles. The molecule has 1 aliphatic carbocycles. The van der Waals surface area contributed by atoms with Gasteiger partial charge < -0.3 is 4.74 Å². The maximum absolute atomic E-state index is 9.21. The minimum atomic E-state index is 0.0384. The summed E-state index contributed by atoms with van der Waals surface area (Å²) < 4.78 is 7.05. The molecule has 0 saturated heterocycles. The van der Waals surface area contributed by atoms with Crippen LogP contribution in [0.3, 0.4) is 0 Å². The predicted octanol–water partition coefficient (Wildman–Crippen LogP) is 4.55. The van der Waals surface area contributed by atoms with Crippen LogP contribution in [0.5, 0.6) is 5.75 Å². The van der Waals surface area contributed by atoms with Crippen LogP contribution < -0.4 is 4.74 Å². The first-order valence-corrected chi connectivity index (χ1v) is 7.34. The lowest BCUT2D eigenvalue weighted by molar-refractivity contribution is 0.0893. The average molecular weight is 308 g/mol. The van der Waals surface area contributed by atoms with E-state index < -0.39 is 0 Å². The zero-order valence-corrected chi connectivity index (χ0v) is 12.2. The summed E-state index contributed by atoms with van der Waals surface area (Å²) in [5, 5.41) is 9.21. The van der Waals surface area contributed by atoms with Crippen LogP contribution in [0.4, 0.5) is 0 Å². The van der Waals surface area contributed by atoms with Crippen LogP contribution in [0, 0.1) is 23.2 Å². The smallest absolute Gasteiger partial charge is 0.119 e. The molecule has 1 saturated carbocycles. The first-order chi connectivity index (χ1) is 8.72. The Morgan fingerprint density at radius 1 is 1.33 bits per heavy atom. The summed E-state index contributed by atoms with van der Waals surface area (Å²) in [4.78, 5) is 0. The van der Waals surface area contributed by atoms with Gasteiger partial charge in [-0.25, -0.2) is 0 Å². The van der Waals surface area contributed by atoms with Crippen molar-refractivity contribution in [3.63, 3.8) is 0 Å². The summed E-state index contributed by atoms with van der Waals surface area (Å²) in [7, 11) is 0. The van der Waals surface area contributed by atoms with Gasteiger partial charge in [-0.3, -0.25) is 0 Å². The molecule has 1 aromatic carbocycles. The van der Waals surface area contributed by atoms with Crippen LogP contribution >= 0.6 is 15.9 Å². The van der Waals surface area contributed by atoms with Crippen molar-refractivity contribution in [2.45, 2.75) is 38.7 Å². The zero-order chi connectivity index (χ0) is 13.0. The van der Waals surface area contributed by atoms with Crippen molar-refractivity contribution in [1.82, 2.24) is 0 Å². The monoisotopic (exact) mass is 307 g/mol. The van der Waals surface area contributed by atoms with Crippen molar-refractivity contribution in [3.8, 4) is 11.8 Å². The lowest BCUT2D eigenvalue weighted by atomic mass is 9.79. The Morgan fingerprint density at radius 2 is 2.06 bits per heavy atom. The van der Waals surface area contributed by atoms with Crippen molar-refractivity contribution in [3.05, 3.63) is 28.7 Å². The Morgan fingerprint density at radius 3 is 2.67 bits per heavy atom. The highest BCUT2D eigenvalue weighted by Gasteiger charge is 2.31. The standard InChI is InChI=1S/C15H18BrNO/c1-2-11-3-4-12(10-17)15(9-11)18-14-7-5-13(16)6-8-14/h5-8,11-12,15H,2-4,9H2,1H3. The van der Waals surface area contributed by atoms with Gasteiger partial charge in [0.25, 0.3) is 0 Å². The highest BCUT2D eigenvalue weighted by molar-refractivity contribution is 9.10. The van der Waals surface area contributed by atoms with Gasteiger partial charge in [-0.2, -0.15) is 5.26 Å². The zero-order valence-electron chi connectivity index (χ0n) is 10.6. The van der Waals surface area contributed by atoms with Gasteiger partial charge in [0.2, 0.25) is 0 Å². The highest BCUT2D eigenvalue weighted by Crippen LogP contribution is 2.33. The lowest BCUT2D eigenvalue weighted by Crippen LogP contribution is -2.33. The van der Waals surface area contributed by atoms with Gasteiger partial charge in [0.15, 0.2) is 0 Å². The second-order valence-electron chi connectivity index (χ2n) is 4.93. The van der Waals surface area contributed by atoms with E-state index in [-0.39, 0.29) is 12.0 Å². The quantitative estimate of drug-likeness (QED) is 0.821. The molecule has 3 unspecified atom stereocenters. The van der Waals surface area contributed by atoms with Crippen molar-refractivity contribution >= 4 is 15.9 Å². The lowest BCUT2D eigenvalue weighted by Gasteiger charge is -2.32. The topological polar surface area (TPSA) is 33.0 Å². The summed E-state index contributed by atoms with van der Waals surface area (Å²) >= 11 is 3.41. The van der Waals surface area contributed by atoms with E-state index >= 15 is 0 Å². The molecular formula is C15H18BrNO. The van der Waals surface area contributed by atoms with Gasteiger partial charge in [-0.15, -0.1) is 0 Å². The van der Waals surface area contributed by atoms with E-state index in [0.717, 1.165) is 29.5 Å². The molecule has 2 nitrogen and oxygen atoms in total. The third kappa shape index (κ3) is 3.26. The van der Waals surface area contributed by atoms with Crippen LogP contribution in [0.15, 0.2) is 28.7 Å². The molecule has 0 amide bonds. The van der Waals surface area contributed by atoms with E-state index in [4.69, 9.17) is 4.74 Å². The van der Waals surface area contributed by atoms with Crippen LogP contribution in [0.1, 0.15) is 32.6 Å². The van der Waals surface area contributed by atoms with E-state index in [2.05, 4.69) is 28.9 Å². The minimum Gasteiger partial charge on any atom is -0.489 e. The number of ether oxygens (including phenoxy) is 1. The molecule has 0 spiro atoms. The van der Waals surface area contributed by atoms with Crippen molar-refractivity contribution < 1.29 is 4.74 Å². The molecule has 0 radical (unpaired) electrons. The van der Waals surface area contributed by atoms with Gasteiger partial charge >= 0.3 is 0 Å². The minimum absolute atomic E-state index is 0.0384. The van der Waals surface area contributed by atoms with Crippen molar-refractivity contribution in [2.24, 2.45) is 11.8 Å². The summed E-state index contributed by atoms with van der Waals surface area (Å²) in [5.41, 5.74) is 0. The third-order valence-corrected chi connectivity index (χ3v) is 4.27. The van der Waals surface area contributed by atoms with Crippen LogP contribution in [0.25, 0.3) is 0 Å². The number of benzene rings is 1. The Labute approximate surface area is 117 Å². The number of hydrogen-bond acceptors (Lipinski definition) is 2. The van der Waals surface area contributed by atoms with Gasteiger partial charge in [-0.05, 0) is 49.4 Å². The maximum Gasteiger partial charge on any atom is 0.119 e. The second-order valence-corrected chi connectivity index (χ2v) is 5.85. The molecule has 2 rings (SSSR count). The molecule has 96 valence electrons. The second kappa shape index (κ2) is 6.24. The Kier molecular flexibility index (Phi) is 4.66. The summed E-state index contributed by atoms with van der Waals surface area (Å²) in [6.07, 6.45) is 4.36. The van der Waals surface area contributed by atoms with Gasteiger partial charge in [0.05, 0.1) is 12.0 Å². The SMILES string of the molecule is CCC1CCC(C#N)C(Oc2ccc(Br)cc2)C1. The summed E-state index contributed by atoms with van der Waals surface area (Å²) in [5.74, 6) is 1.60. The largest absolute Gasteiger partial charge is 0.489 e. The first kappa shape index (κ1) is 13.4. The summed E-state index contributed by atoms with van der Waals surface area (Å²) in [6.45, 7) is 2.22. The predicted molar refractivity (Wildman–Crippen MR) is 75.3 cm³/mol. The summed E-state index contributed by atoms with van der Waals surface area (Å²) in [6, 6.07) is 10.2. The normalized spacial score (nSPS) is 27.5. The third-order valence-electron chi connectivity index (χ3n) is 3.74. The number of nitrogens with zero attached hydrogens (tertiary/aromatic N) is 1. The highest BCUT2D eigenvalue weighted by atomic mass is 79.9. The maximum atomic E-state index is 9.21. The average Bonchev–Trinajstić information content (AvgIpc) is 2.41. The number of nitriles is 1. The van der Waals surface area contributed by atoms with Crippen LogP contribution in [-0.4, -0.2) is 6.10 Å². The van der Waals surface area contributed by atoms with Crippen molar-refractivity contribution in [1.29, 1.82) is 5.26 Å². The number of rotatable bonds is 3. The van der Waals surface area contributed by atoms with Crippen LogP contribution in [0.2, 0.25) is 0 Å². The molecule has 18 heavy (non-hydrogen) atoms. The van der Waals surface area contributed by atoms with E-state index in [1.165, 1.54) is 6.42 Å².